The summed E-state index contributed by atoms with van der Waals surface area (Å²) < 4.78 is 11.2. The largest absolute Gasteiger partial charge is 0.485 e. The van der Waals surface area contributed by atoms with Crippen molar-refractivity contribution in [3.63, 3.8) is 0 Å². The highest BCUT2D eigenvalue weighted by Crippen LogP contribution is 2.31. The monoisotopic (exact) mass is 327 g/mol. The molecule has 1 aromatic carbocycles. The first kappa shape index (κ1) is 14.2. The molecule has 104 valence electrons. The highest BCUT2D eigenvalue weighted by Gasteiger charge is 2.29. The molecule has 2 rings (SSSR count). The second-order valence-electron chi connectivity index (χ2n) is 4.69. The van der Waals surface area contributed by atoms with E-state index in [0.717, 1.165) is 6.42 Å². The number of carbonyl (C=O) groups is 1. The SMILES string of the molecule is CC(Br)CCN(C)C(=O)C1COc2ccccc2O1. The molecular formula is C14H18BrNO3. The van der Waals surface area contributed by atoms with Gasteiger partial charge in [-0.05, 0) is 18.6 Å². The Morgan fingerprint density at radius 1 is 1.47 bits per heavy atom. The number of amides is 1. The molecule has 2 atom stereocenters. The van der Waals surface area contributed by atoms with Gasteiger partial charge in [0.2, 0.25) is 6.10 Å². The van der Waals surface area contributed by atoms with Gasteiger partial charge < -0.3 is 14.4 Å². The number of benzene rings is 1. The number of fused-ring (bicyclic) bond motifs is 1. The molecule has 1 aromatic rings. The minimum atomic E-state index is -0.550. The number of nitrogens with zero attached hydrogens (tertiary/aromatic N) is 1. The molecule has 0 saturated carbocycles. The Balaban J connectivity index is 1.95. The van der Waals surface area contributed by atoms with E-state index in [2.05, 4.69) is 22.9 Å². The molecule has 0 spiro atoms. The van der Waals surface area contributed by atoms with Crippen LogP contribution in [0.2, 0.25) is 0 Å². The van der Waals surface area contributed by atoms with Gasteiger partial charge in [-0.2, -0.15) is 0 Å². The number of carbonyl (C=O) groups excluding carboxylic acids is 1. The average molecular weight is 328 g/mol. The number of hydrogen-bond acceptors (Lipinski definition) is 3. The highest BCUT2D eigenvalue weighted by molar-refractivity contribution is 9.09. The van der Waals surface area contributed by atoms with Gasteiger partial charge in [-0.15, -0.1) is 0 Å². The Hall–Kier alpha value is -1.23. The molecule has 0 radical (unpaired) electrons. The summed E-state index contributed by atoms with van der Waals surface area (Å²) in [5.74, 6) is 1.29. The van der Waals surface area contributed by atoms with E-state index in [4.69, 9.17) is 9.47 Å². The molecule has 4 nitrogen and oxygen atoms in total. The van der Waals surface area contributed by atoms with E-state index in [-0.39, 0.29) is 12.5 Å². The van der Waals surface area contributed by atoms with Crippen LogP contribution < -0.4 is 9.47 Å². The van der Waals surface area contributed by atoms with Crippen LogP contribution in [-0.2, 0) is 4.79 Å². The van der Waals surface area contributed by atoms with Crippen LogP contribution in [0, 0.1) is 0 Å². The van der Waals surface area contributed by atoms with Gasteiger partial charge in [0.15, 0.2) is 11.5 Å². The molecule has 1 aliphatic rings. The lowest BCUT2D eigenvalue weighted by Crippen LogP contribution is -2.45. The molecular weight excluding hydrogens is 310 g/mol. The molecule has 2 unspecified atom stereocenters. The van der Waals surface area contributed by atoms with Crippen molar-refractivity contribution in [3.05, 3.63) is 24.3 Å². The zero-order valence-corrected chi connectivity index (χ0v) is 12.7. The molecule has 5 heteroatoms. The van der Waals surface area contributed by atoms with Crippen molar-refractivity contribution in [2.45, 2.75) is 24.3 Å². The fraction of sp³-hybridized carbons (Fsp3) is 0.500. The Bertz CT molecular complexity index is 450. The van der Waals surface area contributed by atoms with Gasteiger partial charge in [0.05, 0.1) is 0 Å². The molecule has 0 aromatic heterocycles. The van der Waals surface area contributed by atoms with Crippen LogP contribution in [0.25, 0.3) is 0 Å². The zero-order chi connectivity index (χ0) is 13.8. The van der Waals surface area contributed by atoms with Crippen molar-refractivity contribution in [3.8, 4) is 11.5 Å². The van der Waals surface area contributed by atoms with Gasteiger partial charge in [-0.25, -0.2) is 0 Å². The summed E-state index contributed by atoms with van der Waals surface area (Å²) >= 11 is 3.48. The minimum absolute atomic E-state index is 0.0392. The maximum absolute atomic E-state index is 12.2. The second-order valence-corrected chi connectivity index (χ2v) is 6.26. The van der Waals surface area contributed by atoms with Gasteiger partial charge in [0, 0.05) is 18.4 Å². The van der Waals surface area contributed by atoms with Crippen LogP contribution in [0.1, 0.15) is 13.3 Å². The van der Waals surface area contributed by atoms with E-state index in [1.54, 1.807) is 11.9 Å². The van der Waals surface area contributed by atoms with Crippen molar-refractivity contribution >= 4 is 21.8 Å². The van der Waals surface area contributed by atoms with Gasteiger partial charge >= 0.3 is 0 Å². The quantitative estimate of drug-likeness (QED) is 0.797. The molecule has 0 N–H and O–H groups in total. The van der Waals surface area contributed by atoms with Gasteiger partial charge in [0.25, 0.3) is 5.91 Å². The van der Waals surface area contributed by atoms with Gasteiger partial charge in [-0.3, -0.25) is 4.79 Å². The van der Waals surface area contributed by atoms with E-state index >= 15 is 0 Å². The Kier molecular flexibility index (Phi) is 4.69. The molecule has 19 heavy (non-hydrogen) atoms. The standard InChI is InChI=1S/C14H18BrNO3/c1-10(15)7-8-16(2)14(17)13-9-18-11-5-3-4-6-12(11)19-13/h3-6,10,13H,7-9H2,1-2H3. The fourth-order valence-electron chi connectivity index (χ4n) is 1.87. The van der Waals surface area contributed by atoms with E-state index in [1.165, 1.54) is 0 Å². The molecule has 1 heterocycles. The second kappa shape index (κ2) is 6.28. The van der Waals surface area contributed by atoms with Crippen LogP contribution in [0.15, 0.2) is 24.3 Å². The third kappa shape index (κ3) is 3.62. The van der Waals surface area contributed by atoms with Crippen molar-refractivity contribution in [1.29, 1.82) is 0 Å². The summed E-state index contributed by atoms with van der Waals surface area (Å²) in [5, 5.41) is 0. The van der Waals surface area contributed by atoms with Gasteiger partial charge in [0.1, 0.15) is 6.61 Å². The normalized spacial score (nSPS) is 18.8. The number of rotatable bonds is 4. The molecule has 0 bridgehead atoms. The molecule has 1 aliphatic heterocycles. The molecule has 1 amide bonds. The third-order valence-electron chi connectivity index (χ3n) is 3.02. The lowest BCUT2D eigenvalue weighted by atomic mass is 10.2. The average Bonchev–Trinajstić information content (AvgIpc) is 2.43. The number of hydrogen-bond donors (Lipinski definition) is 0. The summed E-state index contributed by atoms with van der Waals surface area (Å²) in [6, 6.07) is 7.40. The topological polar surface area (TPSA) is 38.8 Å². The highest BCUT2D eigenvalue weighted by atomic mass is 79.9. The minimum Gasteiger partial charge on any atom is -0.485 e. The van der Waals surface area contributed by atoms with E-state index < -0.39 is 6.10 Å². The Labute approximate surface area is 121 Å². The number of para-hydroxylation sites is 2. The van der Waals surface area contributed by atoms with E-state index in [0.29, 0.717) is 22.9 Å². The van der Waals surface area contributed by atoms with E-state index in [1.807, 2.05) is 24.3 Å². The van der Waals surface area contributed by atoms with Crippen LogP contribution in [-0.4, -0.2) is 41.9 Å². The smallest absolute Gasteiger partial charge is 0.267 e. The summed E-state index contributed by atoms with van der Waals surface area (Å²) in [6.07, 6.45) is 0.359. The number of likely N-dealkylation sites (N-methyl/N-ethyl adjacent to an activating group) is 1. The van der Waals surface area contributed by atoms with Crippen molar-refractivity contribution < 1.29 is 14.3 Å². The first-order valence-corrected chi connectivity index (χ1v) is 7.27. The summed E-state index contributed by atoms with van der Waals surface area (Å²) in [5.41, 5.74) is 0. The number of halogens is 1. The summed E-state index contributed by atoms with van der Waals surface area (Å²) in [4.78, 5) is 14.3. The fourth-order valence-corrected chi connectivity index (χ4v) is 2.07. The number of ether oxygens (including phenoxy) is 2. The van der Waals surface area contributed by atoms with Crippen LogP contribution in [0.5, 0.6) is 11.5 Å². The van der Waals surface area contributed by atoms with Crippen LogP contribution >= 0.6 is 15.9 Å². The molecule has 0 fully saturated rings. The molecule has 0 saturated heterocycles. The predicted molar refractivity (Wildman–Crippen MR) is 77.0 cm³/mol. The third-order valence-corrected chi connectivity index (χ3v) is 3.48. The van der Waals surface area contributed by atoms with Crippen LogP contribution in [0.4, 0.5) is 0 Å². The van der Waals surface area contributed by atoms with E-state index in [9.17, 15) is 4.79 Å². The summed E-state index contributed by atoms with van der Waals surface area (Å²) in [7, 11) is 1.79. The molecule has 0 aliphatic carbocycles. The lowest BCUT2D eigenvalue weighted by Gasteiger charge is -2.29. The Morgan fingerprint density at radius 3 is 2.84 bits per heavy atom. The van der Waals surface area contributed by atoms with Crippen molar-refractivity contribution in [1.82, 2.24) is 4.90 Å². The maximum atomic E-state index is 12.2. The summed E-state index contributed by atoms with van der Waals surface area (Å²) in [6.45, 7) is 3.03. The predicted octanol–water partition coefficient (Wildman–Crippen LogP) is 2.46. The van der Waals surface area contributed by atoms with Crippen LogP contribution in [0.3, 0.4) is 0 Å². The number of alkyl halides is 1. The van der Waals surface area contributed by atoms with Crippen molar-refractivity contribution in [2.75, 3.05) is 20.2 Å². The first-order chi connectivity index (χ1) is 9.08. The van der Waals surface area contributed by atoms with Gasteiger partial charge in [-0.1, -0.05) is 35.0 Å². The maximum Gasteiger partial charge on any atom is 0.267 e. The zero-order valence-electron chi connectivity index (χ0n) is 11.1. The first-order valence-electron chi connectivity index (χ1n) is 6.35. The Morgan fingerprint density at radius 2 is 2.16 bits per heavy atom. The van der Waals surface area contributed by atoms with Crippen molar-refractivity contribution in [2.24, 2.45) is 0 Å². The lowest BCUT2D eigenvalue weighted by molar-refractivity contribution is -0.139.